The number of cyclic esters (lactones) is 1. The molecule has 2 aliphatic rings. The van der Waals surface area contributed by atoms with Gasteiger partial charge in [-0.15, -0.1) is 0 Å². The second-order valence-electron chi connectivity index (χ2n) is 4.02. The highest BCUT2D eigenvalue weighted by Crippen LogP contribution is 2.38. The van der Waals surface area contributed by atoms with E-state index >= 15 is 0 Å². The number of hydrogen-bond acceptors (Lipinski definition) is 2. The van der Waals surface area contributed by atoms with E-state index in [0.29, 0.717) is 19.4 Å². The van der Waals surface area contributed by atoms with Crippen LogP contribution in [0.1, 0.15) is 25.7 Å². The van der Waals surface area contributed by atoms with Gasteiger partial charge in [-0.1, -0.05) is 0 Å². The Balaban J connectivity index is 1.86. The maximum atomic E-state index is 12.8. The highest BCUT2D eigenvalue weighted by Gasteiger charge is 2.40. The summed E-state index contributed by atoms with van der Waals surface area (Å²) in [7, 11) is 0. The van der Waals surface area contributed by atoms with Crippen molar-refractivity contribution in [1.82, 2.24) is 5.32 Å². The lowest BCUT2D eigenvalue weighted by Crippen LogP contribution is -2.32. The normalized spacial score (nSPS) is 32.4. The number of halogens is 2. The van der Waals surface area contributed by atoms with Crippen molar-refractivity contribution in [3.63, 3.8) is 0 Å². The molecule has 1 saturated heterocycles. The van der Waals surface area contributed by atoms with Gasteiger partial charge in [0.15, 0.2) is 0 Å². The molecule has 0 spiro atoms. The molecular formula is C9H13F2NO2. The Kier molecular flexibility index (Phi) is 2.33. The average Bonchev–Trinajstić information content (AvgIpc) is 2.52. The van der Waals surface area contributed by atoms with Crippen LogP contribution in [0.15, 0.2) is 0 Å². The fourth-order valence-corrected chi connectivity index (χ4v) is 2.10. The molecule has 1 heterocycles. The van der Waals surface area contributed by atoms with Crippen LogP contribution in [0, 0.1) is 5.92 Å². The second-order valence-corrected chi connectivity index (χ2v) is 4.02. The SMILES string of the molecule is O=C1NCC(C2CCC(F)(F)CC2)O1. The van der Waals surface area contributed by atoms with E-state index in [2.05, 4.69) is 5.32 Å². The van der Waals surface area contributed by atoms with Gasteiger partial charge in [-0.2, -0.15) is 0 Å². The molecule has 0 aromatic rings. The van der Waals surface area contributed by atoms with Crippen molar-refractivity contribution in [3.8, 4) is 0 Å². The van der Waals surface area contributed by atoms with E-state index in [4.69, 9.17) is 4.74 Å². The standard InChI is InChI=1S/C9H13F2NO2/c10-9(11)3-1-6(2-4-9)7-5-12-8(13)14-7/h6-7H,1-5H2,(H,12,13). The zero-order chi connectivity index (χ0) is 10.2. The molecule has 3 nitrogen and oxygen atoms in total. The summed E-state index contributed by atoms with van der Waals surface area (Å²) >= 11 is 0. The maximum absolute atomic E-state index is 12.8. The Labute approximate surface area is 80.8 Å². The van der Waals surface area contributed by atoms with Crippen LogP contribution >= 0.6 is 0 Å². The summed E-state index contributed by atoms with van der Waals surface area (Å²) in [4.78, 5) is 10.7. The van der Waals surface area contributed by atoms with Crippen molar-refractivity contribution in [3.05, 3.63) is 0 Å². The number of alkyl halides is 2. The Morgan fingerprint density at radius 3 is 2.50 bits per heavy atom. The van der Waals surface area contributed by atoms with E-state index in [9.17, 15) is 13.6 Å². The summed E-state index contributed by atoms with van der Waals surface area (Å²) < 4.78 is 30.6. The van der Waals surface area contributed by atoms with Crippen LogP contribution in [0.25, 0.3) is 0 Å². The van der Waals surface area contributed by atoms with E-state index < -0.39 is 12.0 Å². The lowest BCUT2D eigenvalue weighted by atomic mass is 9.83. The molecule has 14 heavy (non-hydrogen) atoms. The summed E-state index contributed by atoms with van der Waals surface area (Å²) in [5.74, 6) is -2.40. The average molecular weight is 205 g/mol. The van der Waals surface area contributed by atoms with Crippen molar-refractivity contribution in [2.75, 3.05) is 6.54 Å². The predicted octanol–water partition coefficient (Wildman–Crippen LogP) is 1.92. The minimum atomic E-state index is -2.51. The quantitative estimate of drug-likeness (QED) is 0.710. The van der Waals surface area contributed by atoms with Crippen molar-refractivity contribution in [2.45, 2.75) is 37.7 Å². The van der Waals surface area contributed by atoms with Gasteiger partial charge in [-0.25, -0.2) is 13.6 Å². The van der Waals surface area contributed by atoms with Crippen LogP contribution in [0.3, 0.4) is 0 Å². The van der Waals surface area contributed by atoms with Gasteiger partial charge in [0.2, 0.25) is 5.92 Å². The molecule has 1 N–H and O–H groups in total. The molecule has 0 bridgehead atoms. The molecule has 80 valence electrons. The zero-order valence-electron chi connectivity index (χ0n) is 7.76. The van der Waals surface area contributed by atoms with Crippen LogP contribution < -0.4 is 5.32 Å². The molecule has 1 atom stereocenters. The lowest BCUT2D eigenvalue weighted by molar-refractivity contribution is -0.0585. The van der Waals surface area contributed by atoms with Gasteiger partial charge in [0.1, 0.15) is 6.10 Å². The van der Waals surface area contributed by atoms with Gasteiger partial charge >= 0.3 is 6.09 Å². The fourth-order valence-electron chi connectivity index (χ4n) is 2.10. The molecule has 1 aliphatic heterocycles. The molecule has 1 aliphatic carbocycles. The van der Waals surface area contributed by atoms with Crippen LogP contribution in [0.5, 0.6) is 0 Å². The van der Waals surface area contributed by atoms with Crippen LogP contribution in [0.4, 0.5) is 13.6 Å². The third-order valence-electron chi connectivity index (χ3n) is 2.99. The van der Waals surface area contributed by atoms with E-state index in [1.165, 1.54) is 0 Å². The van der Waals surface area contributed by atoms with E-state index in [1.54, 1.807) is 0 Å². The molecule has 5 heteroatoms. The molecule has 0 aromatic heterocycles. The third-order valence-corrected chi connectivity index (χ3v) is 2.99. The maximum Gasteiger partial charge on any atom is 0.407 e. The number of carbonyl (C=O) groups excluding carboxylic acids is 1. The summed E-state index contributed by atoms with van der Waals surface area (Å²) in [6.45, 7) is 0.467. The van der Waals surface area contributed by atoms with Crippen LogP contribution in [0.2, 0.25) is 0 Å². The van der Waals surface area contributed by atoms with Gasteiger partial charge in [0.25, 0.3) is 0 Å². The first kappa shape index (κ1) is 9.68. The number of ether oxygens (including phenoxy) is 1. The Bertz CT molecular complexity index is 235. The van der Waals surface area contributed by atoms with Gasteiger partial charge in [-0.3, -0.25) is 0 Å². The summed E-state index contributed by atoms with van der Waals surface area (Å²) in [6, 6.07) is 0. The van der Waals surface area contributed by atoms with Crippen LogP contribution in [-0.4, -0.2) is 24.7 Å². The molecule has 1 saturated carbocycles. The molecule has 0 radical (unpaired) electrons. The van der Waals surface area contributed by atoms with Gasteiger partial charge in [0, 0.05) is 12.8 Å². The molecule has 2 rings (SSSR count). The smallest absolute Gasteiger partial charge is 0.407 e. The van der Waals surface area contributed by atoms with Gasteiger partial charge in [-0.05, 0) is 18.8 Å². The van der Waals surface area contributed by atoms with Crippen molar-refractivity contribution < 1.29 is 18.3 Å². The largest absolute Gasteiger partial charge is 0.444 e. The fraction of sp³-hybridized carbons (Fsp3) is 0.889. The third kappa shape index (κ3) is 1.96. The number of alkyl carbamates (subject to hydrolysis) is 1. The first-order chi connectivity index (χ1) is 6.57. The van der Waals surface area contributed by atoms with Gasteiger partial charge in [0.05, 0.1) is 6.54 Å². The number of carbonyl (C=O) groups is 1. The second kappa shape index (κ2) is 3.37. The van der Waals surface area contributed by atoms with Crippen LogP contribution in [-0.2, 0) is 4.74 Å². The number of nitrogens with one attached hydrogen (secondary N) is 1. The Hall–Kier alpha value is -0.870. The minimum Gasteiger partial charge on any atom is -0.444 e. The number of rotatable bonds is 1. The van der Waals surface area contributed by atoms with E-state index in [0.717, 1.165) is 0 Å². The molecule has 1 amide bonds. The number of hydrogen-bond donors (Lipinski definition) is 1. The predicted molar refractivity (Wildman–Crippen MR) is 45.2 cm³/mol. The van der Waals surface area contributed by atoms with E-state index in [-0.39, 0.29) is 24.9 Å². The van der Waals surface area contributed by atoms with Crippen molar-refractivity contribution in [1.29, 1.82) is 0 Å². The zero-order valence-corrected chi connectivity index (χ0v) is 7.76. The van der Waals surface area contributed by atoms with E-state index in [1.807, 2.05) is 0 Å². The summed E-state index contributed by atoms with van der Waals surface area (Å²) in [5, 5.41) is 2.54. The lowest BCUT2D eigenvalue weighted by Gasteiger charge is -2.30. The molecular weight excluding hydrogens is 192 g/mol. The summed E-state index contributed by atoms with van der Waals surface area (Å²) in [6.07, 6.45) is 0.127. The van der Waals surface area contributed by atoms with Crippen molar-refractivity contribution >= 4 is 6.09 Å². The van der Waals surface area contributed by atoms with Gasteiger partial charge < -0.3 is 10.1 Å². The molecule has 2 fully saturated rings. The monoisotopic (exact) mass is 205 g/mol. The first-order valence-corrected chi connectivity index (χ1v) is 4.89. The number of amides is 1. The highest BCUT2D eigenvalue weighted by atomic mass is 19.3. The Morgan fingerprint density at radius 2 is 2.00 bits per heavy atom. The Morgan fingerprint density at radius 1 is 1.36 bits per heavy atom. The topological polar surface area (TPSA) is 38.3 Å². The molecule has 0 aromatic carbocycles. The summed E-state index contributed by atoms with van der Waals surface area (Å²) in [5.41, 5.74) is 0. The van der Waals surface area contributed by atoms with Crippen molar-refractivity contribution in [2.24, 2.45) is 5.92 Å². The molecule has 1 unspecified atom stereocenters. The first-order valence-electron chi connectivity index (χ1n) is 4.89. The minimum absolute atomic E-state index is 0.0777. The highest BCUT2D eigenvalue weighted by molar-refractivity contribution is 5.69.